The Hall–Kier alpha value is -2.49. The van der Waals surface area contributed by atoms with Crippen LogP contribution < -0.4 is 5.63 Å². The van der Waals surface area contributed by atoms with E-state index in [-0.39, 0.29) is 12.8 Å². The number of ether oxygens (including phenoxy) is 5. The molecular weight excluding hydrogens is 604 g/mol. The molecule has 2 bridgehead atoms. The van der Waals surface area contributed by atoms with Gasteiger partial charge in [0.05, 0.1) is 29.5 Å². The third-order valence-electron chi connectivity index (χ3n) is 12.3. The van der Waals surface area contributed by atoms with Crippen LogP contribution in [0.3, 0.4) is 0 Å². The van der Waals surface area contributed by atoms with Crippen LogP contribution in [-0.2, 0) is 33.3 Å². The molecule has 0 spiro atoms. The molecule has 46 heavy (non-hydrogen) atoms. The van der Waals surface area contributed by atoms with Gasteiger partial charge in [0.15, 0.2) is 18.2 Å². The molecule has 0 aromatic carbocycles. The first-order valence-electron chi connectivity index (χ1n) is 15.9. The number of methoxy groups -OCH3 is 1. The number of rotatable bonds is 3. The Bertz CT molecular complexity index is 1500. The standard InChI is InChI=1S/C33H42O13/c1-14-26(37)33(41-5)28(39)29(43-14)45-20-11-30(3)17(10-19(20)46-33)7-8-18-24(30)25(36)27(38)31(4)23(16-6-9-22(35)42-13-16)21(44-15(2)34)12-32(18,31)40/h6,9-10,13-14,18-21,23-26,28-29,36-37,39-40H,7-8,11-12H2,1-5H3/t14-,18+,19+,20+,21-,23-,24+,25-,26+,28-,29-,30-,31-,32-,33-/m0/s1. The van der Waals surface area contributed by atoms with Gasteiger partial charge in [0.1, 0.15) is 24.4 Å². The largest absolute Gasteiger partial charge is 0.462 e. The van der Waals surface area contributed by atoms with Crippen molar-refractivity contribution >= 4 is 11.8 Å². The lowest BCUT2D eigenvalue weighted by Gasteiger charge is -2.62. The fraction of sp³-hybridized carbons (Fsp3) is 0.727. The van der Waals surface area contributed by atoms with Gasteiger partial charge in [-0.25, -0.2) is 4.79 Å². The molecule has 7 rings (SSSR count). The maximum absolute atomic E-state index is 14.6. The number of fused-ring (bicyclic) bond motifs is 8. The summed E-state index contributed by atoms with van der Waals surface area (Å²) in [5.74, 6) is -5.21. The SMILES string of the molecule is CO[C@]12O[C@@H]3C=C4CC[C@@H]5[C@H]([C@H](O)C(=O)[C@]6(C)[C@@H](c7ccc(=O)oc7)[C@@H](OC(C)=O)C[C@]56O)[C@@]4(C)C[C@H]3O[C@H](O[C@@H](C)[C@H]1O)[C@@H]2O. The van der Waals surface area contributed by atoms with Gasteiger partial charge in [-0.2, -0.15) is 0 Å². The summed E-state index contributed by atoms with van der Waals surface area (Å²) in [6.07, 6.45) is -4.43. The van der Waals surface area contributed by atoms with Gasteiger partial charge in [0.2, 0.25) is 5.79 Å². The maximum Gasteiger partial charge on any atom is 0.335 e. The predicted octanol–water partition coefficient (Wildman–Crippen LogP) is 0.696. The van der Waals surface area contributed by atoms with E-state index in [1.807, 2.05) is 13.0 Å². The molecule has 4 N–H and O–H groups in total. The predicted molar refractivity (Wildman–Crippen MR) is 155 cm³/mol. The summed E-state index contributed by atoms with van der Waals surface area (Å²) >= 11 is 0. The molecule has 13 heteroatoms. The second-order valence-electron chi connectivity index (χ2n) is 14.4. The molecule has 1 aromatic heterocycles. The number of Topliss-reactive ketones (excluding diaryl/α,β-unsaturated/α-hetero) is 1. The lowest BCUT2D eigenvalue weighted by molar-refractivity contribution is -0.385. The van der Waals surface area contributed by atoms with Crippen LogP contribution in [0, 0.1) is 22.7 Å². The van der Waals surface area contributed by atoms with E-state index in [1.54, 1.807) is 13.8 Å². The van der Waals surface area contributed by atoms with E-state index in [0.717, 1.165) is 5.57 Å². The monoisotopic (exact) mass is 646 g/mol. The molecule has 6 aliphatic rings. The maximum atomic E-state index is 14.6. The van der Waals surface area contributed by atoms with Crippen LogP contribution in [-0.4, -0.2) is 99.7 Å². The van der Waals surface area contributed by atoms with Crippen molar-refractivity contribution in [1.82, 2.24) is 0 Å². The van der Waals surface area contributed by atoms with Crippen LogP contribution in [0.1, 0.15) is 64.9 Å². The molecule has 252 valence electrons. The van der Waals surface area contributed by atoms with Crippen LogP contribution in [0.2, 0.25) is 0 Å². The molecule has 2 aliphatic heterocycles. The van der Waals surface area contributed by atoms with Crippen LogP contribution in [0.15, 0.2) is 39.3 Å². The zero-order chi connectivity index (χ0) is 33.1. The highest BCUT2D eigenvalue weighted by Crippen LogP contribution is 2.69. The second kappa shape index (κ2) is 10.5. The minimum absolute atomic E-state index is 0.0540. The Kier molecular flexibility index (Phi) is 7.32. The van der Waals surface area contributed by atoms with Crippen molar-refractivity contribution < 1.29 is 58.1 Å². The minimum atomic E-state index is -1.80. The summed E-state index contributed by atoms with van der Waals surface area (Å²) in [4.78, 5) is 38.6. The Morgan fingerprint density at radius 1 is 1.07 bits per heavy atom. The normalized spacial score (nSPS) is 51.1. The fourth-order valence-electron chi connectivity index (χ4n) is 10.2. The molecule has 0 amide bonds. The highest BCUT2D eigenvalue weighted by molar-refractivity contribution is 5.93. The lowest BCUT2D eigenvalue weighted by Crippen LogP contribution is -2.69. The van der Waals surface area contributed by atoms with E-state index < -0.39 is 106 Å². The molecule has 1 aromatic rings. The van der Waals surface area contributed by atoms with E-state index in [2.05, 4.69) is 0 Å². The number of ketones is 1. The zero-order valence-corrected chi connectivity index (χ0v) is 26.5. The highest BCUT2D eigenvalue weighted by atomic mass is 16.8. The zero-order valence-electron chi connectivity index (χ0n) is 26.5. The summed E-state index contributed by atoms with van der Waals surface area (Å²) in [5.41, 5.74) is -3.43. The third kappa shape index (κ3) is 4.06. The lowest BCUT2D eigenvalue weighted by atomic mass is 9.43. The smallest absolute Gasteiger partial charge is 0.335 e. The van der Waals surface area contributed by atoms with Crippen LogP contribution in [0.4, 0.5) is 0 Å². The van der Waals surface area contributed by atoms with Crippen molar-refractivity contribution in [3.63, 3.8) is 0 Å². The van der Waals surface area contributed by atoms with Crippen LogP contribution >= 0.6 is 0 Å². The molecular formula is C33H42O13. The van der Waals surface area contributed by atoms with Crippen molar-refractivity contribution in [2.24, 2.45) is 22.7 Å². The average Bonchev–Trinajstić information content (AvgIpc) is 3.18. The summed E-state index contributed by atoms with van der Waals surface area (Å²) in [6, 6.07) is 2.71. The quantitative estimate of drug-likeness (QED) is 0.265. The van der Waals surface area contributed by atoms with Crippen molar-refractivity contribution in [2.45, 2.75) is 120 Å². The van der Waals surface area contributed by atoms with Gasteiger partial charge in [0, 0.05) is 38.4 Å². The molecule has 5 fully saturated rings. The fourth-order valence-corrected chi connectivity index (χ4v) is 10.2. The van der Waals surface area contributed by atoms with E-state index in [9.17, 15) is 34.8 Å². The van der Waals surface area contributed by atoms with Gasteiger partial charge in [-0.1, -0.05) is 18.6 Å². The number of carbonyl (C=O) groups excluding carboxylic acids is 2. The number of aliphatic hydroxyl groups is 4. The van der Waals surface area contributed by atoms with Gasteiger partial charge < -0.3 is 48.5 Å². The first-order valence-corrected chi connectivity index (χ1v) is 15.9. The first kappa shape index (κ1) is 32.1. The van der Waals surface area contributed by atoms with Gasteiger partial charge in [-0.3, -0.25) is 9.59 Å². The highest BCUT2D eigenvalue weighted by Gasteiger charge is 2.76. The van der Waals surface area contributed by atoms with E-state index in [1.165, 1.54) is 32.4 Å². The van der Waals surface area contributed by atoms with Gasteiger partial charge >= 0.3 is 11.6 Å². The number of allylic oxidation sites excluding steroid dienone is 1. The average molecular weight is 647 g/mol. The van der Waals surface area contributed by atoms with Gasteiger partial charge in [-0.15, -0.1) is 0 Å². The Morgan fingerprint density at radius 2 is 1.80 bits per heavy atom. The molecule has 3 saturated carbocycles. The number of carbonyl (C=O) groups is 2. The second-order valence-corrected chi connectivity index (χ2v) is 14.4. The minimum Gasteiger partial charge on any atom is -0.462 e. The summed E-state index contributed by atoms with van der Waals surface area (Å²) in [6.45, 7) is 6.44. The topological polar surface area (TPSA) is 191 Å². The molecule has 3 heterocycles. The Morgan fingerprint density at radius 3 is 2.46 bits per heavy atom. The van der Waals surface area contributed by atoms with Crippen molar-refractivity contribution in [2.75, 3.05) is 7.11 Å². The number of hydrogen-bond acceptors (Lipinski definition) is 13. The van der Waals surface area contributed by atoms with Crippen molar-refractivity contribution in [3.05, 3.63) is 46.0 Å². The van der Waals surface area contributed by atoms with E-state index in [4.69, 9.17) is 28.1 Å². The molecule has 0 unspecified atom stereocenters. The van der Waals surface area contributed by atoms with Gasteiger partial charge in [0.25, 0.3) is 0 Å². The van der Waals surface area contributed by atoms with E-state index in [0.29, 0.717) is 18.4 Å². The molecule has 2 saturated heterocycles. The Balaban J connectivity index is 1.29. The van der Waals surface area contributed by atoms with Crippen LogP contribution in [0.5, 0.6) is 0 Å². The third-order valence-corrected chi connectivity index (χ3v) is 12.3. The number of hydrogen-bond donors (Lipinski definition) is 4. The van der Waals surface area contributed by atoms with E-state index >= 15 is 0 Å². The number of aliphatic hydroxyl groups excluding tert-OH is 3. The summed E-state index contributed by atoms with van der Waals surface area (Å²) < 4.78 is 35.0. The summed E-state index contributed by atoms with van der Waals surface area (Å²) in [5, 5.41) is 47.0. The molecule has 13 nitrogen and oxygen atoms in total. The molecule has 0 radical (unpaired) electrons. The molecule has 4 aliphatic carbocycles. The Labute approximate surface area is 265 Å². The summed E-state index contributed by atoms with van der Waals surface area (Å²) in [7, 11) is 1.34. The van der Waals surface area contributed by atoms with Gasteiger partial charge in [-0.05, 0) is 56.1 Å². The number of esters is 1. The van der Waals surface area contributed by atoms with Crippen molar-refractivity contribution in [3.8, 4) is 0 Å². The first-order chi connectivity index (χ1) is 21.6. The van der Waals surface area contributed by atoms with Crippen molar-refractivity contribution in [1.29, 1.82) is 0 Å². The molecule has 15 atom stereocenters. The van der Waals surface area contributed by atoms with Crippen LogP contribution in [0.25, 0.3) is 0 Å².